The minimum Gasteiger partial charge on any atom is -0.324 e. The van der Waals surface area contributed by atoms with Gasteiger partial charge in [-0.25, -0.2) is 18.2 Å². The summed E-state index contributed by atoms with van der Waals surface area (Å²) in [7, 11) is -5.31. The monoisotopic (exact) mass is 483 g/mol. The van der Waals surface area contributed by atoms with Gasteiger partial charge in [0.05, 0.1) is 4.90 Å². The summed E-state index contributed by atoms with van der Waals surface area (Å²) < 4.78 is 61.0. The predicted octanol–water partition coefficient (Wildman–Crippen LogP) is 2.96. The Kier molecular flexibility index (Phi) is 5.18. The Morgan fingerprint density at radius 1 is 1.15 bits per heavy atom. The molecular formula is C21H24F3N5O3S. The number of likely N-dealkylation sites (tertiary alicyclic amines) is 2. The Morgan fingerprint density at radius 2 is 1.85 bits per heavy atom. The van der Waals surface area contributed by atoms with Crippen LogP contribution in [0, 0.1) is 11.3 Å². The van der Waals surface area contributed by atoms with E-state index in [4.69, 9.17) is 0 Å². The van der Waals surface area contributed by atoms with Crippen LogP contribution in [0.25, 0.3) is 0 Å². The fraction of sp³-hybridized carbons (Fsp3) is 0.571. The molecule has 2 saturated heterocycles. The zero-order valence-electron chi connectivity index (χ0n) is 17.8. The van der Waals surface area contributed by atoms with Crippen molar-refractivity contribution in [3.05, 3.63) is 42.0 Å². The highest BCUT2D eigenvalue weighted by Gasteiger charge is 2.54. The van der Waals surface area contributed by atoms with Crippen molar-refractivity contribution >= 4 is 15.9 Å². The first-order valence-corrected chi connectivity index (χ1v) is 12.3. The molecule has 0 radical (unpaired) electrons. The van der Waals surface area contributed by atoms with E-state index in [0.29, 0.717) is 25.4 Å². The molecule has 1 atom stereocenters. The molecule has 3 heterocycles. The molecule has 3 fully saturated rings. The van der Waals surface area contributed by atoms with Crippen LogP contribution in [0.4, 0.5) is 18.0 Å². The maximum Gasteiger partial charge on any atom is 0.501 e. The van der Waals surface area contributed by atoms with Crippen LogP contribution in [0.5, 0.6) is 0 Å². The third-order valence-electron chi connectivity index (χ3n) is 7.11. The van der Waals surface area contributed by atoms with Crippen molar-refractivity contribution in [1.82, 2.24) is 25.0 Å². The average molecular weight is 484 g/mol. The van der Waals surface area contributed by atoms with E-state index in [1.165, 1.54) is 18.5 Å². The topological polar surface area (TPSA) is 99.3 Å². The summed E-state index contributed by atoms with van der Waals surface area (Å²) in [6, 6.07) is 5.03. The number of urea groups is 1. The van der Waals surface area contributed by atoms with Gasteiger partial charge >= 0.3 is 11.5 Å². The van der Waals surface area contributed by atoms with Crippen molar-refractivity contribution in [1.29, 1.82) is 0 Å². The van der Waals surface area contributed by atoms with Crippen LogP contribution in [-0.2, 0) is 16.3 Å². The number of alkyl halides is 3. The maximum absolute atomic E-state index is 12.8. The number of halogens is 3. The Hall–Kier alpha value is -2.63. The van der Waals surface area contributed by atoms with Crippen LogP contribution < -0.4 is 0 Å². The Morgan fingerprint density at radius 3 is 2.45 bits per heavy atom. The molecule has 2 aromatic rings. The van der Waals surface area contributed by atoms with Crippen LogP contribution in [0.15, 0.2) is 35.5 Å². The standard InChI is InChI=1S/C21H24F3N5O3S/c22-21(23,24)33(31,32)17-3-1-14(2-4-17)7-15-8-20(9-15)11-29(12-20)19(30)28-6-5-16(10-28)18-25-13-26-27-18/h1-4,13,15-16H,5-12H2,(H,25,26,27)/t16-/m0/s1. The number of sulfone groups is 1. The van der Waals surface area contributed by atoms with Gasteiger partial charge in [-0.3, -0.25) is 5.10 Å². The number of nitrogens with one attached hydrogen (secondary N) is 1. The fourth-order valence-corrected chi connectivity index (χ4v) is 6.27. The molecule has 1 aromatic heterocycles. The summed E-state index contributed by atoms with van der Waals surface area (Å²) in [6.07, 6.45) is 4.95. The number of hydrogen-bond donors (Lipinski definition) is 1. The lowest BCUT2D eigenvalue weighted by molar-refractivity contribution is -0.0753. The molecule has 178 valence electrons. The number of carbonyl (C=O) groups excluding carboxylic acids is 1. The highest BCUT2D eigenvalue weighted by Crippen LogP contribution is 2.53. The van der Waals surface area contributed by atoms with E-state index in [2.05, 4.69) is 15.2 Å². The third-order valence-corrected chi connectivity index (χ3v) is 8.61. The summed E-state index contributed by atoms with van der Waals surface area (Å²) in [5, 5.41) is 6.75. The molecule has 1 N–H and O–H groups in total. The molecule has 8 nitrogen and oxygen atoms in total. The van der Waals surface area contributed by atoms with Crippen LogP contribution in [0.1, 0.15) is 36.6 Å². The van der Waals surface area contributed by atoms with Crippen LogP contribution >= 0.6 is 0 Å². The van der Waals surface area contributed by atoms with E-state index in [-0.39, 0.29) is 17.4 Å². The first-order valence-electron chi connectivity index (χ1n) is 10.9. The van der Waals surface area contributed by atoms with Crippen molar-refractivity contribution in [2.45, 2.75) is 42.0 Å². The number of aromatic amines is 1. The smallest absolute Gasteiger partial charge is 0.324 e. The highest BCUT2D eigenvalue weighted by atomic mass is 32.2. The number of H-pyrrole nitrogens is 1. The average Bonchev–Trinajstić information content (AvgIpc) is 3.39. The number of nitrogens with zero attached hydrogens (tertiary/aromatic N) is 4. The van der Waals surface area contributed by atoms with Crippen LogP contribution in [0.3, 0.4) is 0 Å². The van der Waals surface area contributed by atoms with Gasteiger partial charge in [-0.2, -0.15) is 18.3 Å². The molecule has 2 aliphatic heterocycles. The number of amides is 2. The van der Waals surface area contributed by atoms with E-state index in [1.807, 2.05) is 9.80 Å². The van der Waals surface area contributed by atoms with Crippen molar-refractivity contribution in [2.75, 3.05) is 26.2 Å². The van der Waals surface area contributed by atoms with Crippen LogP contribution in [-0.4, -0.2) is 71.1 Å². The molecule has 33 heavy (non-hydrogen) atoms. The lowest BCUT2D eigenvalue weighted by atomic mass is 9.56. The molecule has 1 saturated carbocycles. The van der Waals surface area contributed by atoms with E-state index < -0.39 is 20.2 Å². The lowest BCUT2D eigenvalue weighted by Crippen LogP contribution is -2.65. The second-order valence-electron chi connectivity index (χ2n) is 9.51. The van der Waals surface area contributed by atoms with Gasteiger partial charge in [0.25, 0.3) is 9.84 Å². The van der Waals surface area contributed by atoms with Gasteiger partial charge < -0.3 is 9.80 Å². The fourth-order valence-electron chi connectivity index (χ4n) is 5.51. The molecule has 0 unspecified atom stereocenters. The first-order chi connectivity index (χ1) is 15.6. The van der Waals surface area contributed by atoms with Crippen molar-refractivity contribution in [2.24, 2.45) is 11.3 Å². The number of hydrogen-bond acceptors (Lipinski definition) is 5. The minimum absolute atomic E-state index is 0.0625. The molecule has 0 bridgehead atoms. The second-order valence-corrected chi connectivity index (χ2v) is 11.5. The number of benzene rings is 1. The van der Waals surface area contributed by atoms with E-state index in [9.17, 15) is 26.4 Å². The van der Waals surface area contributed by atoms with Crippen LogP contribution in [0.2, 0.25) is 0 Å². The highest BCUT2D eigenvalue weighted by molar-refractivity contribution is 7.92. The molecular weight excluding hydrogens is 459 g/mol. The van der Waals surface area contributed by atoms with Gasteiger partial charge in [-0.1, -0.05) is 12.1 Å². The first kappa shape index (κ1) is 22.2. The summed E-state index contributed by atoms with van der Waals surface area (Å²) in [5.41, 5.74) is -4.34. The predicted molar refractivity (Wildman–Crippen MR) is 111 cm³/mol. The van der Waals surface area contributed by atoms with Gasteiger partial charge in [0.1, 0.15) is 12.2 Å². The molecule has 5 rings (SSSR count). The lowest BCUT2D eigenvalue weighted by Gasteiger charge is -2.59. The minimum atomic E-state index is -5.31. The van der Waals surface area contributed by atoms with Gasteiger partial charge in [-0.05, 0) is 49.3 Å². The van der Waals surface area contributed by atoms with Gasteiger partial charge in [-0.15, -0.1) is 0 Å². The Balaban J connectivity index is 1.09. The van der Waals surface area contributed by atoms with Crippen molar-refractivity contribution < 1.29 is 26.4 Å². The van der Waals surface area contributed by atoms with Gasteiger partial charge in [0.2, 0.25) is 0 Å². The van der Waals surface area contributed by atoms with Crippen molar-refractivity contribution in [3.8, 4) is 0 Å². The second kappa shape index (κ2) is 7.71. The van der Waals surface area contributed by atoms with E-state index >= 15 is 0 Å². The summed E-state index contributed by atoms with van der Waals surface area (Å²) in [6.45, 7) is 2.81. The Labute approximate surface area is 189 Å². The zero-order chi connectivity index (χ0) is 23.4. The van der Waals surface area contributed by atoms with E-state index in [0.717, 1.165) is 55.9 Å². The molecule has 1 spiro atoms. The summed E-state index contributed by atoms with van der Waals surface area (Å²) in [5.74, 6) is 1.39. The van der Waals surface area contributed by atoms with Crippen molar-refractivity contribution in [3.63, 3.8) is 0 Å². The normalized spacial score (nSPS) is 22.9. The van der Waals surface area contributed by atoms with Gasteiger partial charge in [0, 0.05) is 37.5 Å². The SMILES string of the molecule is O=C(N1CC[C@H](c2ncn[nH]2)C1)N1CC2(CC(Cc3ccc(S(=O)(=O)C(F)(F)F)cc3)C2)C1. The zero-order valence-corrected chi connectivity index (χ0v) is 18.6. The molecule has 3 aliphatic rings. The quantitative estimate of drug-likeness (QED) is 0.721. The number of carbonyl (C=O) groups is 1. The van der Waals surface area contributed by atoms with Gasteiger partial charge in [0.15, 0.2) is 0 Å². The largest absolute Gasteiger partial charge is 0.501 e. The molecule has 12 heteroatoms. The molecule has 2 amide bonds. The number of rotatable bonds is 4. The number of aromatic nitrogens is 3. The summed E-state index contributed by atoms with van der Waals surface area (Å²) in [4.78, 5) is 20.0. The maximum atomic E-state index is 12.8. The van der Waals surface area contributed by atoms with E-state index in [1.54, 1.807) is 0 Å². The summed E-state index contributed by atoms with van der Waals surface area (Å²) >= 11 is 0. The third kappa shape index (κ3) is 3.98. The molecule has 1 aromatic carbocycles. The molecule has 1 aliphatic carbocycles. The Bertz CT molecular complexity index is 1120.